The molecule has 1 N–H and O–H groups in total. The van der Waals surface area contributed by atoms with E-state index in [-0.39, 0.29) is 6.03 Å². The first-order valence-electron chi connectivity index (χ1n) is 10.8. The van der Waals surface area contributed by atoms with Crippen LogP contribution in [0.1, 0.15) is 30.4 Å². The van der Waals surface area contributed by atoms with Crippen LogP contribution in [0.2, 0.25) is 0 Å². The van der Waals surface area contributed by atoms with E-state index in [1.165, 1.54) is 41.8 Å². The first-order chi connectivity index (χ1) is 14.1. The van der Waals surface area contributed by atoms with Crippen molar-refractivity contribution in [2.45, 2.75) is 33.1 Å². The molecule has 0 spiro atoms. The number of urea groups is 1. The Morgan fingerprint density at radius 1 is 0.793 bits per heavy atom. The van der Waals surface area contributed by atoms with Gasteiger partial charge in [0.1, 0.15) is 0 Å². The number of nitrogens with zero attached hydrogens (tertiary/aromatic N) is 3. The summed E-state index contributed by atoms with van der Waals surface area (Å²) in [6, 6.07) is 14.9. The molecule has 154 valence electrons. The number of piperazine rings is 1. The molecular formula is C24H32N4O. The number of amides is 2. The molecule has 29 heavy (non-hydrogen) atoms. The normalized spacial score (nSPS) is 17.4. The molecule has 5 heteroatoms. The third kappa shape index (κ3) is 4.66. The lowest BCUT2D eigenvalue weighted by Crippen LogP contribution is -2.50. The van der Waals surface area contributed by atoms with Gasteiger partial charge in [0.05, 0.1) is 0 Å². The lowest BCUT2D eigenvalue weighted by atomic mass is 10.1. The number of hydrogen-bond donors (Lipinski definition) is 1. The number of hydrogen-bond acceptors (Lipinski definition) is 3. The van der Waals surface area contributed by atoms with Crippen LogP contribution in [0.15, 0.2) is 42.5 Å². The van der Waals surface area contributed by atoms with E-state index in [1.807, 2.05) is 17.0 Å². The van der Waals surface area contributed by atoms with Crippen molar-refractivity contribution in [2.24, 2.45) is 0 Å². The smallest absolute Gasteiger partial charge is 0.321 e. The predicted octanol–water partition coefficient (Wildman–Crippen LogP) is 4.65. The Kier molecular flexibility index (Phi) is 5.93. The van der Waals surface area contributed by atoms with E-state index >= 15 is 0 Å². The molecule has 2 aromatic rings. The van der Waals surface area contributed by atoms with Crippen molar-refractivity contribution in [2.75, 3.05) is 54.4 Å². The third-order valence-electron chi connectivity index (χ3n) is 6.10. The number of carbonyl (C=O) groups excluding carboxylic acids is 1. The van der Waals surface area contributed by atoms with Crippen LogP contribution in [-0.4, -0.2) is 50.2 Å². The number of piperidine rings is 1. The fourth-order valence-corrected chi connectivity index (χ4v) is 4.42. The van der Waals surface area contributed by atoms with Crippen molar-refractivity contribution in [3.63, 3.8) is 0 Å². The Hall–Kier alpha value is -2.69. The van der Waals surface area contributed by atoms with Crippen molar-refractivity contribution in [1.82, 2.24) is 4.90 Å². The second kappa shape index (κ2) is 8.76. The van der Waals surface area contributed by atoms with Gasteiger partial charge in [-0.3, -0.25) is 0 Å². The number of aryl methyl sites for hydroxylation is 2. The van der Waals surface area contributed by atoms with Crippen LogP contribution >= 0.6 is 0 Å². The van der Waals surface area contributed by atoms with Gasteiger partial charge in [0.2, 0.25) is 0 Å². The maximum atomic E-state index is 12.7. The van der Waals surface area contributed by atoms with Crippen molar-refractivity contribution in [3.05, 3.63) is 53.6 Å². The molecule has 0 bridgehead atoms. The van der Waals surface area contributed by atoms with E-state index in [1.54, 1.807) is 0 Å². The van der Waals surface area contributed by atoms with Gasteiger partial charge < -0.3 is 20.0 Å². The van der Waals surface area contributed by atoms with Gasteiger partial charge in [0, 0.05) is 56.3 Å². The highest BCUT2D eigenvalue weighted by atomic mass is 16.2. The molecule has 0 radical (unpaired) electrons. The number of carbonyl (C=O) groups is 1. The van der Waals surface area contributed by atoms with Gasteiger partial charge in [0.25, 0.3) is 0 Å². The SMILES string of the molecule is Cc1ccc(N2CCN(C(=O)Nc3ccc(N4CCCCC4)cc3)CC2)c(C)c1. The number of nitrogens with one attached hydrogen (secondary N) is 1. The van der Waals surface area contributed by atoms with Gasteiger partial charge in [0.15, 0.2) is 0 Å². The summed E-state index contributed by atoms with van der Waals surface area (Å²) in [4.78, 5) is 19.4. The highest BCUT2D eigenvalue weighted by molar-refractivity contribution is 5.89. The van der Waals surface area contributed by atoms with Crippen LogP contribution in [0, 0.1) is 13.8 Å². The average molecular weight is 393 g/mol. The summed E-state index contributed by atoms with van der Waals surface area (Å²) in [6.07, 6.45) is 3.88. The molecule has 5 nitrogen and oxygen atoms in total. The predicted molar refractivity (Wildman–Crippen MR) is 121 cm³/mol. The monoisotopic (exact) mass is 392 g/mol. The summed E-state index contributed by atoms with van der Waals surface area (Å²) in [7, 11) is 0. The van der Waals surface area contributed by atoms with Crippen molar-refractivity contribution < 1.29 is 4.79 Å². The molecule has 2 aromatic carbocycles. The van der Waals surface area contributed by atoms with Crippen LogP contribution in [0.4, 0.5) is 21.9 Å². The summed E-state index contributed by atoms with van der Waals surface area (Å²) in [5, 5.41) is 3.07. The summed E-state index contributed by atoms with van der Waals surface area (Å²) >= 11 is 0. The summed E-state index contributed by atoms with van der Waals surface area (Å²) in [5.74, 6) is 0. The van der Waals surface area contributed by atoms with Crippen LogP contribution in [0.5, 0.6) is 0 Å². The minimum atomic E-state index is -0.00370. The first kappa shape index (κ1) is 19.6. The van der Waals surface area contributed by atoms with E-state index in [0.717, 1.165) is 45.0 Å². The first-order valence-corrected chi connectivity index (χ1v) is 10.8. The van der Waals surface area contributed by atoms with Gasteiger partial charge in [-0.1, -0.05) is 17.7 Å². The Morgan fingerprint density at radius 2 is 1.48 bits per heavy atom. The largest absolute Gasteiger partial charge is 0.372 e. The molecule has 0 aromatic heterocycles. The van der Waals surface area contributed by atoms with E-state index in [0.29, 0.717) is 0 Å². The zero-order valence-corrected chi connectivity index (χ0v) is 17.7. The van der Waals surface area contributed by atoms with Crippen molar-refractivity contribution in [3.8, 4) is 0 Å². The highest BCUT2D eigenvalue weighted by Gasteiger charge is 2.22. The molecule has 2 saturated heterocycles. The van der Waals surface area contributed by atoms with Gasteiger partial charge >= 0.3 is 6.03 Å². The van der Waals surface area contributed by atoms with Gasteiger partial charge in [-0.2, -0.15) is 0 Å². The quantitative estimate of drug-likeness (QED) is 0.826. The van der Waals surface area contributed by atoms with E-state index < -0.39 is 0 Å². The Balaban J connectivity index is 1.30. The van der Waals surface area contributed by atoms with Gasteiger partial charge in [-0.05, 0) is 69.0 Å². The second-order valence-electron chi connectivity index (χ2n) is 8.29. The minimum Gasteiger partial charge on any atom is -0.372 e. The maximum Gasteiger partial charge on any atom is 0.321 e. The zero-order valence-electron chi connectivity index (χ0n) is 17.7. The summed E-state index contributed by atoms with van der Waals surface area (Å²) < 4.78 is 0. The van der Waals surface area contributed by atoms with Crippen molar-refractivity contribution in [1.29, 1.82) is 0 Å². The standard InChI is InChI=1S/C24H32N4O/c1-19-6-11-23(20(2)18-19)27-14-16-28(17-15-27)24(29)25-21-7-9-22(10-8-21)26-12-4-3-5-13-26/h6-11,18H,3-5,12-17H2,1-2H3,(H,25,29). The van der Waals surface area contributed by atoms with Gasteiger partial charge in [-0.25, -0.2) is 4.79 Å². The van der Waals surface area contributed by atoms with E-state index in [9.17, 15) is 4.79 Å². The lowest BCUT2D eigenvalue weighted by molar-refractivity contribution is 0.208. The Bertz CT molecular complexity index is 834. The summed E-state index contributed by atoms with van der Waals surface area (Å²) in [5.41, 5.74) is 5.99. The molecular weight excluding hydrogens is 360 g/mol. The molecule has 2 heterocycles. The topological polar surface area (TPSA) is 38.8 Å². The summed E-state index contributed by atoms with van der Waals surface area (Å²) in [6.45, 7) is 9.77. The molecule has 0 aliphatic carbocycles. The van der Waals surface area contributed by atoms with Gasteiger partial charge in [-0.15, -0.1) is 0 Å². The van der Waals surface area contributed by atoms with Crippen LogP contribution in [0.3, 0.4) is 0 Å². The van der Waals surface area contributed by atoms with Crippen LogP contribution in [0.25, 0.3) is 0 Å². The second-order valence-corrected chi connectivity index (χ2v) is 8.29. The average Bonchev–Trinajstić information content (AvgIpc) is 2.75. The molecule has 2 fully saturated rings. The highest BCUT2D eigenvalue weighted by Crippen LogP contribution is 2.24. The van der Waals surface area contributed by atoms with Crippen molar-refractivity contribution >= 4 is 23.1 Å². The number of rotatable bonds is 3. The van der Waals surface area contributed by atoms with Crippen LogP contribution in [-0.2, 0) is 0 Å². The molecule has 0 atom stereocenters. The molecule has 4 rings (SSSR count). The Labute approximate surface area is 174 Å². The lowest BCUT2D eigenvalue weighted by Gasteiger charge is -2.36. The molecule has 2 amide bonds. The minimum absolute atomic E-state index is 0.00370. The maximum absolute atomic E-state index is 12.7. The number of benzene rings is 2. The zero-order chi connectivity index (χ0) is 20.2. The fraction of sp³-hybridized carbons (Fsp3) is 0.458. The fourth-order valence-electron chi connectivity index (χ4n) is 4.42. The number of anilines is 3. The molecule has 0 unspecified atom stereocenters. The molecule has 2 aliphatic rings. The van der Waals surface area contributed by atoms with E-state index in [2.05, 4.69) is 59.3 Å². The van der Waals surface area contributed by atoms with E-state index in [4.69, 9.17) is 0 Å². The molecule has 0 saturated carbocycles. The third-order valence-corrected chi connectivity index (χ3v) is 6.10. The Morgan fingerprint density at radius 3 is 2.14 bits per heavy atom. The van der Waals surface area contributed by atoms with Crippen LogP contribution < -0.4 is 15.1 Å². The molecule has 2 aliphatic heterocycles.